The molecule has 0 aromatic carbocycles. The highest BCUT2D eigenvalue weighted by molar-refractivity contribution is 9.10. The summed E-state index contributed by atoms with van der Waals surface area (Å²) >= 11 is 3.44. The molecular formula is C14H24BrN3O. The second kappa shape index (κ2) is 8.48. The average molecular weight is 330 g/mol. The smallest absolute Gasteiger partial charge is 0.132 e. The number of nitrogens with zero attached hydrogens (tertiary/aromatic N) is 2. The highest BCUT2D eigenvalue weighted by Crippen LogP contribution is 2.16. The summed E-state index contributed by atoms with van der Waals surface area (Å²) in [4.78, 5) is 8.92. The Morgan fingerprint density at radius 1 is 1.32 bits per heavy atom. The maximum Gasteiger partial charge on any atom is 0.132 e. The van der Waals surface area contributed by atoms with Crippen molar-refractivity contribution in [1.82, 2.24) is 9.97 Å². The number of aryl methyl sites for hydroxylation is 1. The Labute approximate surface area is 124 Å². The molecule has 0 fully saturated rings. The number of nitrogens with one attached hydrogen (secondary N) is 1. The van der Waals surface area contributed by atoms with Gasteiger partial charge in [-0.1, -0.05) is 20.8 Å². The molecule has 0 saturated heterocycles. The van der Waals surface area contributed by atoms with Crippen LogP contribution in [-0.2, 0) is 11.2 Å². The van der Waals surface area contributed by atoms with Crippen LogP contribution in [0.1, 0.15) is 39.9 Å². The van der Waals surface area contributed by atoms with Crippen LogP contribution in [0.15, 0.2) is 10.7 Å². The summed E-state index contributed by atoms with van der Waals surface area (Å²) in [6, 6.07) is 2.18. The highest BCUT2D eigenvalue weighted by Gasteiger charge is 2.14. The van der Waals surface area contributed by atoms with Gasteiger partial charge in [-0.3, -0.25) is 0 Å². The van der Waals surface area contributed by atoms with Gasteiger partial charge in [-0.05, 0) is 35.2 Å². The maximum atomic E-state index is 5.52. The van der Waals surface area contributed by atoms with E-state index in [0.29, 0.717) is 12.5 Å². The average Bonchev–Trinajstić information content (AvgIpc) is 2.33. The topological polar surface area (TPSA) is 47.0 Å². The van der Waals surface area contributed by atoms with E-state index in [1.54, 1.807) is 0 Å². The van der Waals surface area contributed by atoms with Crippen molar-refractivity contribution in [2.24, 2.45) is 5.92 Å². The number of hydrogen-bond donors (Lipinski definition) is 1. The van der Waals surface area contributed by atoms with Crippen molar-refractivity contribution in [2.45, 2.75) is 46.6 Å². The minimum absolute atomic E-state index is 0.260. The molecule has 0 spiro atoms. The molecule has 0 aliphatic rings. The van der Waals surface area contributed by atoms with E-state index >= 15 is 0 Å². The molecule has 5 heteroatoms. The molecular weight excluding hydrogens is 306 g/mol. The summed E-state index contributed by atoms with van der Waals surface area (Å²) in [5, 5.41) is 3.45. The fourth-order valence-corrected chi connectivity index (χ4v) is 2.13. The lowest BCUT2D eigenvalue weighted by Gasteiger charge is -2.23. The zero-order valence-corrected chi connectivity index (χ0v) is 13.8. The fraction of sp³-hybridized carbons (Fsp3) is 0.714. The van der Waals surface area contributed by atoms with Gasteiger partial charge >= 0.3 is 0 Å². The molecule has 1 heterocycles. The van der Waals surface area contributed by atoms with E-state index in [-0.39, 0.29) is 6.04 Å². The molecule has 1 aromatic rings. The number of aromatic nitrogens is 2. The molecule has 1 N–H and O–H groups in total. The van der Waals surface area contributed by atoms with Crippen LogP contribution in [0.3, 0.4) is 0 Å². The second-order valence-electron chi connectivity index (χ2n) is 4.90. The molecule has 0 amide bonds. The predicted molar refractivity (Wildman–Crippen MR) is 82.5 cm³/mol. The summed E-state index contributed by atoms with van der Waals surface area (Å²) in [5.41, 5.74) is 0. The lowest BCUT2D eigenvalue weighted by Crippen LogP contribution is -2.31. The number of anilines is 1. The monoisotopic (exact) mass is 329 g/mol. The van der Waals surface area contributed by atoms with Crippen LogP contribution < -0.4 is 5.32 Å². The van der Waals surface area contributed by atoms with Gasteiger partial charge in [-0.25, -0.2) is 9.97 Å². The summed E-state index contributed by atoms with van der Waals surface area (Å²) in [5.74, 6) is 2.22. The van der Waals surface area contributed by atoms with Gasteiger partial charge in [-0.15, -0.1) is 0 Å². The van der Waals surface area contributed by atoms with Crippen LogP contribution in [0, 0.1) is 5.92 Å². The summed E-state index contributed by atoms with van der Waals surface area (Å²) in [7, 11) is 0. The van der Waals surface area contributed by atoms with Crippen LogP contribution in [-0.4, -0.2) is 29.2 Å². The molecule has 0 aliphatic heterocycles. The molecule has 1 atom stereocenters. The molecule has 19 heavy (non-hydrogen) atoms. The molecule has 1 rings (SSSR count). The Morgan fingerprint density at radius 3 is 2.63 bits per heavy atom. The first-order chi connectivity index (χ1) is 9.06. The van der Waals surface area contributed by atoms with Crippen molar-refractivity contribution >= 4 is 21.7 Å². The quantitative estimate of drug-likeness (QED) is 0.739. The van der Waals surface area contributed by atoms with Crippen molar-refractivity contribution in [1.29, 1.82) is 0 Å². The van der Waals surface area contributed by atoms with Crippen LogP contribution in [0.2, 0.25) is 0 Å². The van der Waals surface area contributed by atoms with Crippen LogP contribution in [0.5, 0.6) is 0 Å². The van der Waals surface area contributed by atoms with Gasteiger partial charge in [0, 0.05) is 19.1 Å². The van der Waals surface area contributed by atoms with Gasteiger partial charge in [0.15, 0.2) is 0 Å². The van der Waals surface area contributed by atoms with Crippen molar-refractivity contribution in [3.05, 3.63) is 16.5 Å². The van der Waals surface area contributed by atoms with E-state index in [1.165, 1.54) is 0 Å². The Hall–Kier alpha value is -0.680. The zero-order valence-electron chi connectivity index (χ0n) is 12.2. The van der Waals surface area contributed by atoms with E-state index in [0.717, 1.165) is 35.7 Å². The summed E-state index contributed by atoms with van der Waals surface area (Å²) < 4.78 is 6.35. The second-order valence-corrected chi connectivity index (χ2v) is 5.71. The van der Waals surface area contributed by atoms with Crippen molar-refractivity contribution in [3.63, 3.8) is 0 Å². The lowest BCUT2D eigenvalue weighted by molar-refractivity contribution is 0.126. The first-order valence-corrected chi connectivity index (χ1v) is 7.73. The van der Waals surface area contributed by atoms with E-state index in [1.807, 2.05) is 13.0 Å². The van der Waals surface area contributed by atoms with Crippen LogP contribution in [0.25, 0.3) is 0 Å². The maximum absolute atomic E-state index is 5.52. The molecule has 1 aromatic heterocycles. The largest absolute Gasteiger partial charge is 0.380 e. The van der Waals surface area contributed by atoms with Gasteiger partial charge < -0.3 is 10.1 Å². The third-order valence-corrected chi connectivity index (χ3v) is 3.26. The Kier molecular flexibility index (Phi) is 7.31. The lowest BCUT2D eigenvalue weighted by atomic mass is 10.1. The minimum Gasteiger partial charge on any atom is -0.380 e. The third kappa shape index (κ3) is 5.87. The van der Waals surface area contributed by atoms with Crippen molar-refractivity contribution < 1.29 is 4.74 Å². The van der Waals surface area contributed by atoms with E-state index in [4.69, 9.17) is 4.74 Å². The fourth-order valence-electron chi connectivity index (χ4n) is 1.71. The van der Waals surface area contributed by atoms with E-state index in [9.17, 15) is 0 Å². The first-order valence-electron chi connectivity index (χ1n) is 6.94. The number of halogens is 1. The summed E-state index contributed by atoms with van der Waals surface area (Å²) in [6.45, 7) is 9.93. The molecule has 0 radical (unpaired) electrons. The van der Waals surface area contributed by atoms with E-state index < -0.39 is 0 Å². The molecule has 0 bridgehead atoms. The van der Waals surface area contributed by atoms with Crippen LogP contribution in [0.4, 0.5) is 5.82 Å². The van der Waals surface area contributed by atoms with Crippen LogP contribution >= 0.6 is 15.9 Å². The zero-order chi connectivity index (χ0) is 14.3. The normalized spacial score (nSPS) is 12.7. The predicted octanol–water partition coefficient (Wildman–Crippen LogP) is 3.66. The van der Waals surface area contributed by atoms with Gasteiger partial charge in [0.1, 0.15) is 16.2 Å². The molecule has 4 nitrogen and oxygen atoms in total. The molecule has 1 unspecified atom stereocenters. The van der Waals surface area contributed by atoms with Gasteiger partial charge in [0.25, 0.3) is 0 Å². The van der Waals surface area contributed by atoms with Gasteiger partial charge in [-0.2, -0.15) is 0 Å². The Morgan fingerprint density at radius 2 is 2.05 bits per heavy atom. The Bertz CT molecular complexity index is 385. The molecule has 0 aliphatic carbocycles. The summed E-state index contributed by atoms with van der Waals surface area (Å²) in [6.07, 6.45) is 1.94. The van der Waals surface area contributed by atoms with Gasteiger partial charge in [0.2, 0.25) is 0 Å². The molecule has 0 saturated carbocycles. The van der Waals surface area contributed by atoms with Gasteiger partial charge in [0.05, 0.1) is 12.6 Å². The molecule has 108 valence electrons. The standard InChI is InChI=1S/C14H24BrN3O/c1-5-7-13-17-12(15)8-14(18-13)16-11(10(3)4)9-19-6-2/h8,10-11H,5-7,9H2,1-4H3,(H,16,17,18). The van der Waals surface area contributed by atoms with E-state index in [2.05, 4.69) is 52.0 Å². The van der Waals surface area contributed by atoms with Crippen molar-refractivity contribution in [3.8, 4) is 0 Å². The van der Waals surface area contributed by atoms with Crippen molar-refractivity contribution in [2.75, 3.05) is 18.5 Å². The Balaban J connectivity index is 2.77. The number of hydrogen-bond acceptors (Lipinski definition) is 4. The number of ether oxygens (including phenoxy) is 1. The SMILES string of the molecule is CCCc1nc(Br)cc(NC(COCC)C(C)C)n1. The number of rotatable bonds is 8. The first kappa shape index (κ1) is 16.4. The highest BCUT2D eigenvalue weighted by atomic mass is 79.9. The third-order valence-electron chi connectivity index (χ3n) is 2.85. The minimum atomic E-state index is 0.260.